The first kappa shape index (κ1) is 18.6. The Bertz CT molecular complexity index is 883. The van der Waals surface area contributed by atoms with E-state index >= 15 is 0 Å². The van der Waals surface area contributed by atoms with Crippen molar-refractivity contribution in [3.63, 3.8) is 0 Å². The van der Waals surface area contributed by atoms with E-state index in [1.807, 2.05) is 13.0 Å². The van der Waals surface area contributed by atoms with Gasteiger partial charge in [0.2, 0.25) is 0 Å². The van der Waals surface area contributed by atoms with Gasteiger partial charge in [0.1, 0.15) is 11.2 Å². The smallest absolute Gasteiger partial charge is 0.330 e. The summed E-state index contributed by atoms with van der Waals surface area (Å²) in [4.78, 5) is 29.0. The zero-order chi connectivity index (χ0) is 19.1. The van der Waals surface area contributed by atoms with E-state index in [1.165, 1.54) is 0 Å². The van der Waals surface area contributed by atoms with Crippen molar-refractivity contribution in [3.8, 4) is 0 Å². The first-order valence-corrected chi connectivity index (χ1v) is 8.83. The summed E-state index contributed by atoms with van der Waals surface area (Å²) in [5.41, 5.74) is -1.41. The average molecular weight is 377 g/mol. The molecule has 1 aliphatic rings. The van der Waals surface area contributed by atoms with Crippen LogP contribution in [0.4, 0.5) is 0 Å². The van der Waals surface area contributed by atoms with Crippen LogP contribution >= 0.6 is 11.6 Å². The molecule has 1 aromatic carbocycles. The Balaban J connectivity index is 1.89. The number of nitrogens with one attached hydrogen (secondary N) is 1. The molecule has 0 radical (unpaired) electrons. The SMILES string of the molecule is CCOC1CC(NC(=O)c2ccc3ccc(Cl)cc3n2)(C(=O)O)C1(C)C. The van der Waals surface area contributed by atoms with Crippen LogP contribution in [0.25, 0.3) is 10.9 Å². The average Bonchev–Trinajstić information content (AvgIpc) is 2.59. The van der Waals surface area contributed by atoms with Crippen LogP contribution in [0.2, 0.25) is 5.02 Å². The van der Waals surface area contributed by atoms with Gasteiger partial charge in [-0.05, 0) is 25.1 Å². The molecule has 7 heteroatoms. The number of carboxylic acids is 1. The number of halogens is 1. The zero-order valence-electron chi connectivity index (χ0n) is 14.9. The molecule has 6 nitrogen and oxygen atoms in total. The van der Waals surface area contributed by atoms with Crippen molar-refractivity contribution in [1.82, 2.24) is 10.3 Å². The topological polar surface area (TPSA) is 88.5 Å². The number of ether oxygens (including phenoxy) is 1. The van der Waals surface area contributed by atoms with E-state index in [1.54, 1.807) is 38.1 Å². The lowest BCUT2D eigenvalue weighted by molar-refractivity contribution is -0.190. The van der Waals surface area contributed by atoms with E-state index in [-0.39, 0.29) is 18.2 Å². The van der Waals surface area contributed by atoms with Gasteiger partial charge in [-0.1, -0.05) is 37.6 Å². The molecule has 0 bridgehead atoms. The number of pyridine rings is 1. The maximum absolute atomic E-state index is 12.7. The van der Waals surface area contributed by atoms with Crippen LogP contribution in [0.3, 0.4) is 0 Å². The second-order valence-corrected chi connectivity index (χ2v) is 7.50. The number of amides is 1. The Hall–Kier alpha value is -2.18. The second-order valence-electron chi connectivity index (χ2n) is 7.07. The normalized spacial score (nSPS) is 24.1. The van der Waals surface area contributed by atoms with Gasteiger partial charge in [0.25, 0.3) is 5.91 Å². The van der Waals surface area contributed by atoms with Crippen LogP contribution in [-0.4, -0.2) is 40.2 Å². The molecule has 1 saturated carbocycles. The summed E-state index contributed by atoms with van der Waals surface area (Å²) in [6.45, 7) is 5.93. The van der Waals surface area contributed by atoms with Crippen molar-refractivity contribution in [2.45, 2.75) is 38.8 Å². The molecular formula is C19H21ClN2O4. The van der Waals surface area contributed by atoms with Gasteiger partial charge in [0.15, 0.2) is 0 Å². The van der Waals surface area contributed by atoms with Crippen molar-refractivity contribution >= 4 is 34.4 Å². The predicted octanol–water partition coefficient (Wildman–Crippen LogP) is 3.28. The largest absolute Gasteiger partial charge is 0.479 e. The quantitative estimate of drug-likeness (QED) is 0.836. The highest BCUT2D eigenvalue weighted by Crippen LogP contribution is 2.51. The lowest BCUT2D eigenvalue weighted by Crippen LogP contribution is -2.76. The summed E-state index contributed by atoms with van der Waals surface area (Å²) in [6, 6.07) is 8.56. The van der Waals surface area contributed by atoms with E-state index in [0.717, 1.165) is 5.39 Å². The molecule has 1 fully saturated rings. The number of carboxylic acid groups (broad SMARTS) is 1. The molecule has 0 spiro atoms. The highest BCUT2D eigenvalue weighted by molar-refractivity contribution is 6.31. The lowest BCUT2D eigenvalue weighted by Gasteiger charge is -2.58. The molecule has 3 rings (SSSR count). The summed E-state index contributed by atoms with van der Waals surface area (Å²) in [6.07, 6.45) is -0.0128. The van der Waals surface area contributed by atoms with E-state index in [4.69, 9.17) is 16.3 Å². The highest BCUT2D eigenvalue weighted by Gasteiger charge is 2.66. The van der Waals surface area contributed by atoms with Crippen LogP contribution in [0.1, 0.15) is 37.7 Å². The molecule has 2 atom stereocenters. The zero-order valence-corrected chi connectivity index (χ0v) is 15.6. The molecule has 1 aromatic heterocycles. The van der Waals surface area contributed by atoms with Gasteiger partial charge in [0.05, 0.1) is 11.6 Å². The summed E-state index contributed by atoms with van der Waals surface area (Å²) < 4.78 is 5.61. The van der Waals surface area contributed by atoms with E-state index in [0.29, 0.717) is 17.1 Å². The van der Waals surface area contributed by atoms with E-state index in [9.17, 15) is 14.7 Å². The molecule has 1 amide bonds. The van der Waals surface area contributed by atoms with Gasteiger partial charge >= 0.3 is 5.97 Å². The number of hydrogen-bond donors (Lipinski definition) is 2. The van der Waals surface area contributed by atoms with Gasteiger partial charge < -0.3 is 15.2 Å². The molecule has 138 valence electrons. The molecule has 1 heterocycles. The third kappa shape index (κ3) is 2.83. The summed E-state index contributed by atoms with van der Waals surface area (Å²) in [7, 11) is 0. The number of carbonyl (C=O) groups is 2. The number of hydrogen-bond acceptors (Lipinski definition) is 4. The standard InChI is InChI=1S/C19H21ClN2O4/c1-4-26-15-10-19(17(24)25,18(15,2)3)22-16(23)13-8-6-11-5-7-12(20)9-14(11)21-13/h5-9,15H,4,10H2,1-3H3,(H,22,23)(H,24,25). The number of carbonyl (C=O) groups excluding carboxylic acids is 1. The van der Waals surface area contributed by atoms with Crippen LogP contribution in [0.15, 0.2) is 30.3 Å². The van der Waals surface area contributed by atoms with Crippen molar-refractivity contribution in [2.24, 2.45) is 5.41 Å². The Morgan fingerprint density at radius 1 is 1.35 bits per heavy atom. The van der Waals surface area contributed by atoms with Crippen molar-refractivity contribution in [3.05, 3.63) is 41.0 Å². The minimum Gasteiger partial charge on any atom is -0.479 e. The summed E-state index contributed by atoms with van der Waals surface area (Å²) >= 11 is 5.98. The number of nitrogens with zero attached hydrogens (tertiary/aromatic N) is 1. The number of benzene rings is 1. The molecule has 0 saturated heterocycles. The van der Waals surface area contributed by atoms with Gasteiger partial charge in [-0.25, -0.2) is 9.78 Å². The maximum atomic E-state index is 12.7. The maximum Gasteiger partial charge on any atom is 0.330 e. The lowest BCUT2D eigenvalue weighted by atomic mass is 9.54. The van der Waals surface area contributed by atoms with Gasteiger partial charge in [-0.3, -0.25) is 4.79 Å². The Morgan fingerprint density at radius 3 is 2.65 bits per heavy atom. The van der Waals surface area contributed by atoms with Crippen LogP contribution < -0.4 is 5.32 Å². The van der Waals surface area contributed by atoms with Crippen LogP contribution in [0.5, 0.6) is 0 Å². The molecular weight excluding hydrogens is 356 g/mol. The molecule has 2 N–H and O–H groups in total. The molecule has 2 unspecified atom stereocenters. The summed E-state index contributed by atoms with van der Waals surface area (Å²) in [5.74, 6) is -1.60. The van der Waals surface area contributed by atoms with Crippen molar-refractivity contribution in [1.29, 1.82) is 0 Å². The first-order chi connectivity index (χ1) is 12.2. The fourth-order valence-electron chi connectivity index (χ4n) is 3.51. The van der Waals surface area contributed by atoms with Gasteiger partial charge in [-0.2, -0.15) is 0 Å². The molecule has 0 aliphatic heterocycles. The fourth-order valence-corrected chi connectivity index (χ4v) is 3.68. The molecule has 1 aliphatic carbocycles. The number of aliphatic carboxylic acids is 1. The second kappa shape index (κ2) is 6.52. The molecule has 2 aromatic rings. The van der Waals surface area contributed by atoms with Crippen molar-refractivity contribution < 1.29 is 19.4 Å². The van der Waals surface area contributed by atoms with E-state index in [2.05, 4.69) is 10.3 Å². The van der Waals surface area contributed by atoms with Crippen LogP contribution in [-0.2, 0) is 9.53 Å². The molecule has 26 heavy (non-hydrogen) atoms. The highest BCUT2D eigenvalue weighted by atomic mass is 35.5. The Morgan fingerprint density at radius 2 is 2.04 bits per heavy atom. The third-order valence-electron chi connectivity index (χ3n) is 5.34. The fraction of sp³-hybridized carbons (Fsp3) is 0.421. The van der Waals surface area contributed by atoms with Gasteiger partial charge in [-0.15, -0.1) is 0 Å². The minimum absolute atomic E-state index is 0.149. The number of rotatable bonds is 5. The Labute approximate surface area is 156 Å². The van der Waals surface area contributed by atoms with Crippen LogP contribution in [0, 0.1) is 5.41 Å². The first-order valence-electron chi connectivity index (χ1n) is 8.45. The Kier molecular flexibility index (Phi) is 4.67. The predicted molar refractivity (Wildman–Crippen MR) is 98.4 cm³/mol. The monoisotopic (exact) mass is 376 g/mol. The third-order valence-corrected chi connectivity index (χ3v) is 5.58. The van der Waals surface area contributed by atoms with E-state index < -0.39 is 22.8 Å². The minimum atomic E-state index is -1.39. The number of fused-ring (bicyclic) bond motifs is 1. The van der Waals surface area contributed by atoms with Crippen molar-refractivity contribution in [2.75, 3.05) is 6.61 Å². The summed E-state index contributed by atoms with van der Waals surface area (Å²) in [5, 5.41) is 13.9. The van der Waals surface area contributed by atoms with Gasteiger partial charge in [0, 0.05) is 28.9 Å². The number of aromatic nitrogens is 1.